The van der Waals surface area contributed by atoms with Gasteiger partial charge in [-0.3, -0.25) is 4.98 Å². The molecule has 0 saturated carbocycles. The predicted molar refractivity (Wildman–Crippen MR) is 80.4 cm³/mol. The van der Waals surface area contributed by atoms with E-state index in [1.54, 1.807) is 12.5 Å². The van der Waals surface area contributed by atoms with Gasteiger partial charge in [0.05, 0.1) is 23.7 Å². The van der Waals surface area contributed by atoms with Crippen LogP contribution >= 0.6 is 0 Å². The van der Waals surface area contributed by atoms with Crippen LogP contribution in [0.5, 0.6) is 0 Å². The number of furan rings is 1. The Bertz CT molecular complexity index is 707. The molecule has 0 atom stereocenters. The number of benzene rings is 1. The van der Waals surface area contributed by atoms with E-state index in [1.165, 1.54) is 0 Å². The van der Waals surface area contributed by atoms with Crippen molar-refractivity contribution in [1.29, 1.82) is 0 Å². The van der Waals surface area contributed by atoms with Crippen LogP contribution in [0.15, 0.2) is 53.5 Å². The van der Waals surface area contributed by atoms with Gasteiger partial charge in [0.2, 0.25) is 0 Å². The fourth-order valence-electron chi connectivity index (χ4n) is 2.50. The van der Waals surface area contributed by atoms with Crippen LogP contribution in [0.25, 0.3) is 10.9 Å². The minimum atomic E-state index is 0.475. The van der Waals surface area contributed by atoms with Gasteiger partial charge in [0.25, 0.3) is 0 Å². The minimum Gasteiger partial charge on any atom is -0.472 e. The van der Waals surface area contributed by atoms with E-state index >= 15 is 0 Å². The average Bonchev–Trinajstić information content (AvgIpc) is 2.98. The highest BCUT2D eigenvalue weighted by Crippen LogP contribution is 2.29. The summed E-state index contributed by atoms with van der Waals surface area (Å²) in [7, 11) is 2.06. The summed E-state index contributed by atoms with van der Waals surface area (Å²) in [5.41, 5.74) is 10.2. The number of nitrogens with two attached hydrogens (primary N) is 1. The van der Waals surface area contributed by atoms with E-state index in [4.69, 9.17) is 10.2 Å². The highest BCUT2D eigenvalue weighted by molar-refractivity contribution is 5.93. The first kappa shape index (κ1) is 12.7. The lowest BCUT2D eigenvalue weighted by Crippen LogP contribution is -2.19. The molecule has 1 aromatic carbocycles. The summed E-state index contributed by atoms with van der Waals surface area (Å²) in [5, 5.41) is 1.13. The van der Waals surface area contributed by atoms with Gasteiger partial charge in [-0.1, -0.05) is 18.2 Å². The van der Waals surface area contributed by atoms with Crippen LogP contribution in [0.3, 0.4) is 0 Å². The molecule has 0 aliphatic heterocycles. The number of hydrogen-bond acceptors (Lipinski definition) is 4. The van der Waals surface area contributed by atoms with Crippen molar-refractivity contribution in [2.75, 3.05) is 11.9 Å². The smallest absolute Gasteiger partial charge is 0.0952 e. The summed E-state index contributed by atoms with van der Waals surface area (Å²) in [6.07, 6.45) is 5.32. The Morgan fingerprint density at radius 1 is 1.25 bits per heavy atom. The third-order valence-corrected chi connectivity index (χ3v) is 3.42. The first-order chi connectivity index (χ1) is 9.79. The third-order valence-electron chi connectivity index (χ3n) is 3.42. The molecular formula is C16H17N3O. The molecule has 2 aromatic heterocycles. The Balaban J connectivity index is 2.08. The zero-order valence-electron chi connectivity index (χ0n) is 11.4. The van der Waals surface area contributed by atoms with Crippen molar-refractivity contribution in [1.82, 2.24) is 4.98 Å². The van der Waals surface area contributed by atoms with Crippen molar-refractivity contribution in [2.45, 2.75) is 13.1 Å². The predicted octanol–water partition coefficient (Wildman–Crippen LogP) is 2.92. The summed E-state index contributed by atoms with van der Waals surface area (Å²) < 4.78 is 5.13. The number of anilines is 1. The molecule has 0 spiro atoms. The van der Waals surface area contributed by atoms with Crippen molar-refractivity contribution >= 4 is 16.6 Å². The van der Waals surface area contributed by atoms with E-state index in [-0.39, 0.29) is 0 Å². The van der Waals surface area contributed by atoms with Crippen LogP contribution in [0.1, 0.15) is 11.1 Å². The molecule has 3 aromatic rings. The van der Waals surface area contributed by atoms with Crippen molar-refractivity contribution in [3.63, 3.8) is 0 Å². The lowest BCUT2D eigenvalue weighted by Gasteiger charge is -2.23. The zero-order chi connectivity index (χ0) is 13.9. The molecule has 4 nitrogen and oxygen atoms in total. The van der Waals surface area contributed by atoms with Gasteiger partial charge in [0, 0.05) is 42.8 Å². The maximum absolute atomic E-state index is 5.87. The van der Waals surface area contributed by atoms with E-state index < -0.39 is 0 Å². The molecule has 102 valence electrons. The van der Waals surface area contributed by atoms with Gasteiger partial charge in [0.1, 0.15) is 0 Å². The van der Waals surface area contributed by atoms with Gasteiger partial charge in [0.15, 0.2) is 0 Å². The van der Waals surface area contributed by atoms with Gasteiger partial charge in [-0.05, 0) is 12.1 Å². The first-order valence-electron chi connectivity index (χ1n) is 6.58. The fourth-order valence-corrected chi connectivity index (χ4v) is 2.50. The van der Waals surface area contributed by atoms with Gasteiger partial charge < -0.3 is 15.1 Å². The maximum Gasteiger partial charge on any atom is 0.0952 e. The molecule has 2 N–H and O–H groups in total. The molecule has 3 rings (SSSR count). The summed E-state index contributed by atoms with van der Waals surface area (Å²) in [5.74, 6) is 0. The molecule has 0 bridgehead atoms. The second-order valence-corrected chi connectivity index (χ2v) is 4.84. The number of aromatic nitrogens is 1. The zero-order valence-corrected chi connectivity index (χ0v) is 11.4. The highest BCUT2D eigenvalue weighted by Gasteiger charge is 2.12. The van der Waals surface area contributed by atoms with E-state index in [2.05, 4.69) is 23.0 Å². The van der Waals surface area contributed by atoms with E-state index in [0.29, 0.717) is 6.54 Å². The number of hydrogen-bond donors (Lipinski definition) is 1. The molecule has 0 aliphatic rings. The number of para-hydroxylation sites is 1. The fraction of sp³-hybridized carbons (Fsp3) is 0.188. The molecular weight excluding hydrogens is 250 g/mol. The monoisotopic (exact) mass is 267 g/mol. The van der Waals surface area contributed by atoms with Gasteiger partial charge in [-0.2, -0.15) is 0 Å². The van der Waals surface area contributed by atoms with Crippen molar-refractivity contribution < 1.29 is 4.42 Å². The molecule has 0 fully saturated rings. The average molecular weight is 267 g/mol. The molecule has 4 heteroatoms. The molecule has 20 heavy (non-hydrogen) atoms. The Kier molecular flexibility index (Phi) is 3.39. The highest BCUT2D eigenvalue weighted by atomic mass is 16.3. The molecule has 0 radical (unpaired) electrons. The van der Waals surface area contributed by atoms with Crippen LogP contribution in [0, 0.1) is 0 Å². The second-order valence-electron chi connectivity index (χ2n) is 4.84. The van der Waals surface area contributed by atoms with Crippen LogP contribution in [0.4, 0.5) is 5.69 Å². The molecule has 0 unspecified atom stereocenters. The number of rotatable bonds is 4. The van der Waals surface area contributed by atoms with Crippen LogP contribution in [-0.2, 0) is 13.1 Å². The number of nitrogens with zero attached hydrogens (tertiary/aromatic N) is 2. The van der Waals surface area contributed by atoms with Gasteiger partial charge in [-0.25, -0.2) is 0 Å². The van der Waals surface area contributed by atoms with Crippen molar-refractivity contribution in [2.24, 2.45) is 5.73 Å². The third kappa shape index (κ3) is 2.26. The Hall–Kier alpha value is -2.33. The lowest BCUT2D eigenvalue weighted by molar-refractivity contribution is 0.563. The number of fused-ring (bicyclic) bond motifs is 1. The second kappa shape index (κ2) is 5.35. The quantitative estimate of drug-likeness (QED) is 0.789. The normalized spacial score (nSPS) is 10.9. The molecule has 0 amide bonds. The van der Waals surface area contributed by atoms with E-state index in [0.717, 1.165) is 34.3 Å². The summed E-state index contributed by atoms with van der Waals surface area (Å²) >= 11 is 0. The Morgan fingerprint density at radius 2 is 2.10 bits per heavy atom. The largest absolute Gasteiger partial charge is 0.472 e. The lowest BCUT2D eigenvalue weighted by atomic mass is 10.1. The standard InChI is InChI=1S/C16H17N3O/c1-19(10-12-6-7-20-11-12)16-13(8-17)9-18-15-5-3-2-4-14(15)16/h2-7,9,11H,8,10,17H2,1H3. The SMILES string of the molecule is CN(Cc1ccoc1)c1c(CN)cnc2ccccc12. The van der Waals surface area contributed by atoms with Crippen molar-refractivity contribution in [3.05, 3.63) is 60.2 Å². The summed E-state index contributed by atoms with van der Waals surface area (Å²) in [4.78, 5) is 6.66. The van der Waals surface area contributed by atoms with Gasteiger partial charge >= 0.3 is 0 Å². The maximum atomic E-state index is 5.87. The summed E-state index contributed by atoms with van der Waals surface area (Å²) in [6, 6.07) is 10.1. The first-order valence-corrected chi connectivity index (χ1v) is 6.58. The Labute approximate surface area is 117 Å². The van der Waals surface area contributed by atoms with Crippen LogP contribution in [-0.4, -0.2) is 12.0 Å². The Morgan fingerprint density at radius 3 is 2.85 bits per heavy atom. The van der Waals surface area contributed by atoms with Crippen LogP contribution < -0.4 is 10.6 Å². The minimum absolute atomic E-state index is 0.475. The molecule has 0 aliphatic carbocycles. The molecule has 2 heterocycles. The molecule has 0 saturated heterocycles. The van der Waals surface area contributed by atoms with Crippen LogP contribution in [0.2, 0.25) is 0 Å². The van der Waals surface area contributed by atoms with E-state index in [9.17, 15) is 0 Å². The van der Waals surface area contributed by atoms with Gasteiger partial charge in [-0.15, -0.1) is 0 Å². The van der Waals surface area contributed by atoms with Crippen molar-refractivity contribution in [3.8, 4) is 0 Å². The summed E-state index contributed by atoms with van der Waals surface area (Å²) in [6.45, 7) is 1.25. The number of pyridine rings is 1. The van der Waals surface area contributed by atoms with E-state index in [1.807, 2.05) is 30.5 Å². The topological polar surface area (TPSA) is 55.3 Å².